The molecule has 3 aromatic rings. The van der Waals surface area contributed by atoms with Gasteiger partial charge in [-0.25, -0.2) is 0 Å². The Morgan fingerprint density at radius 3 is 1.00 bits per heavy atom. The van der Waals surface area contributed by atoms with Crippen molar-refractivity contribution in [2.75, 3.05) is 7.11 Å². The lowest BCUT2D eigenvalue weighted by Gasteiger charge is -2.16. The highest BCUT2D eigenvalue weighted by atomic mass is 16.5. The first-order chi connectivity index (χ1) is 21.4. The molecule has 3 aromatic carbocycles. The van der Waals surface area contributed by atoms with Gasteiger partial charge in [-0.15, -0.1) is 0 Å². The molecule has 44 heavy (non-hydrogen) atoms. The van der Waals surface area contributed by atoms with E-state index in [0.717, 1.165) is 17.1 Å². The monoisotopic (exact) mass is 607 g/mol. The Bertz CT molecular complexity index is 974. The number of hydrogen-bond acceptors (Lipinski definition) is 3. The van der Waals surface area contributed by atoms with Gasteiger partial charge in [0.05, 0.1) is 7.11 Å². The second kappa shape index (κ2) is 27.6. The average molecular weight is 607 g/mol. The van der Waals surface area contributed by atoms with Crippen molar-refractivity contribution >= 4 is 0 Å². The van der Waals surface area contributed by atoms with Crippen molar-refractivity contribution in [3.05, 3.63) is 77.4 Å². The van der Waals surface area contributed by atoms with Crippen LogP contribution in [0.4, 0.5) is 0 Å². The van der Waals surface area contributed by atoms with Crippen LogP contribution < -0.4 is 14.2 Å². The summed E-state index contributed by atoms with van der Waals surface area (Å²) >= 11 is 0. The van der Waals surface area contributed by atoms with Crippen LogP contribution in [0.1, 0.15) is 142 Å². The van der Waals surface area contributed by atoms with Crippen molar-refractivity contribution in [3.8, 4) is 28.7 Å². The maximum Gasteiger partial charge on any atom is 0.204 e. The Labute approximate surface area is 272 Å². The summed E-state index contributed by atoms with van der Waals surface area (Å²) in [5.41, 5.74) is 3.41. The minimum atomic E-state index is 0.576. The summed E-state index contributed by atoms with van der Waals surface area (Å²) in [6.07, 6.45) is 18.5. The first-order valence-corrected chi connectivity index (χ1v) is 17.6. The molecule has 248 valence electrons. The van der Waals surface area contributed by atoms with Gasteiger partial charge in [-0.2, -0.15) is 0 Å². The van der Waals surface area contributed by atoms with Crippen LogP contribution in [0.2, 0.25) is 0 Å². The van der Waals surface area contributed by atoms with E-state index >= 15 is 0 Å². The Morgan fingerprint density at radius 1 is 0.432 bits per heavy atom. The molecule has 0 bridgehead atoms. The molecule has 0 spiro atoms. The van der Waals surface area contributed by atoms with Gasteiger partial charge in [0.15, 0.2) is 11.5 Å². The van der Waals surface area contributed by atoms with Gasteiger partial charge in [0.1, 0.15) is 11.5 Å². The van der Waals surface area contributed by atoms with Crippen LogP contribution >= 0.6 is 0 Å². The van der Waals surface area contributed by atoms with E-state index in [1.54, 1.807) is 7.11 Å². The molecule has 0 saturated heterocycles. The summed E-state index contributed by atoms with van der Waals surface area (Å²) in [7, 11) is 1.62. The second-order valence-corrected chi connectivity index (χ2v) is 11.3. The van der Waals surface area contributed by atoms with E-state index in [0.29, 0.717) is 17.2 Å². The number of aryl methyl sites for hydroxylation is 3. The molecule has 0 saturated carbocycles. The van der Waals surface area contributed by atoms with E-state index in [1.807, 2.05) is 95.3 Å². The Kier molecular flexibility index (Phi) is 25.8. The third kappa shape index (κ3) is 19.4. The second-order valence-electron chi connectivity index (χ2n) is 11.3. The van der Waals surface area contributed by atoms with Crippen LogP contribution in [0.15, 0.2) is 60.7 Å². The predicted molar refractivity (Wildman–Crippen MR) is 194 cm³/mol. The van der Waals surface area contributed by atoms with Crippen LogP contribution in [-0.4, -0.2) is 7.11 Å². The van der Waals surface area contributed by atoms with Gasteiger partial charge in [-0.3, -0.25) is 0 Å². The van der Waals surface area contributed by atoms with Crippen molar-refractivity contribution in [1.82, 2.24) is 0 Å². The summed E-state index contributed by atoms with van der Waals surface area (Å²) in [5.74, 6) is 3.36. The highest BCUT2D eigenvalue weighted by Gasteiger charge is 2.15. The largest absolute Gasteiger partial charge is 0.490 e. The normalized spacial score (nSPS) is 9.86. The Hall–Kier alpha value is -2.94. The highest BCUT2D eigenvalue weighted by molar-refractivity contribution is 5.56. The zero-order valence-electron chi connectivity index (χ0n) is 30.2. The van der Waals surface area contributed by atoms with Gasteiger partial charge < -0.3 is 14.2 Å². The van der Waals surface area contributed by atoms with E-state index in [-0.39, 0.29) is 0 Å². The highest BCUT2D eigenvalue weighted by Crippen LogP contribution is 2.42. The van der Waals surface area contributed by atoms with Gasteiger partial charge in [0.25, 0.3) is 0 Å². The minimum Gasteiger partial charge on any atom is -0.490 e. The quantitative estimate of drug-likeness (QED) is 0.152. The number of ether oxygens (including phenoxy) is 3. The van der Waals surface area contributed by atoms with Gasteiger partial charge >= 0.3 is 0 Å². The zero-order valence-corrected chi connectivity index (χ0v) is 30.2. The fraction of sp³-hybridized carbons (Fsp3) is 0.561. The molecule has 0 amide bonds. The molecular weight excluding hydrogens is 540 g/mol. The van der Waals surface area contributed by atoms with Crippen molar-refractivity contribution < 1.29 is 14.2 Å². The number of benzene rings is 3. The summed E-state index contributed by atoms with van der Waals surface area (Å²) in [4.78, 5) is 0. The lowest BCUT2D eigenvalue weighted by atomic mass is 10.1. The molecule has 0 radical (unpaired) electrons. The minimum absolute atomic E-state index is 0.576. The molecule has 0 N–H and O–H groups in total. The molecule has 3 heteroatoms. The standard InChI is InChI=1S/C22H22O3.C9H20.C8H18.C2H6/c1-15-5-9-18(10-6-15)24-20-13-17(3)14-21(22(20)23-4)25-19-11-7-16(2)8-12-19;1-3-5-7-9-8-6-4-2;1-3-5-7-8-6-4-2;1-2/h5-14H,1-4H3;3-9H2,1-2H3;3-8H2,1-2H3;1-2H3. The number of methoxy groups -OCH3 is 1. The summed E-state index contributed by atoms with van der Waals surface area (Å²) in [5, 5.41) is 0. The summed E-state index contributed by atoms with van der Waals surface area (Å²) in [6.45, 7) is 19.1. The molecule has 0 aliphatic rings. The van der Waals surface area contributed by atoms with Gasteiger partial charge in [-0.05, 0) is 62.7 Å². The smallest absolute Gasteiger partial charge is 0.204 e. The third-order valence-corrected chi connectivity index (χ3v) is 7.03. The molecular formula is C41H66O3. The van der Waals surface area contributed by atoms with E-state index in [4.69, 9.17) is 14.2 Å². The molecule has 3 nitrogen and oxygen atoms in total. The van der Waals surface area contributed by atoms with E-state index in [2.05, 4.69) is 27.7 Å². The first kappa shape index (κ1) is 41.1. The van der Waals surface area contributed by atoms with Crippen molar-refractivity contribution in [2.24, 2.45) is 0 Å². The summed E-state index contributed by atoms with van der Waals surface area (Å²) in [6, 6.07) is 19.7. The van der Waals surface area contributed by atoms with Crippen LogP contribution in [0.3, 0.4) is 0 Å². The number of rotatable bonds is 16. The van der Waals surface area contributed by atoms with Gasteiger partial charge in [0.2, 0.25) is 5.75 Å². The fourth-order valence-electron chi connectivity index (χ4n) is 4.41. The average Bonchev–Trinajstić information content (AvgIpc) is 3.03. The predicted octanol–water partition coefficient (Wildman–Crippen LogP) is 14.4. The van der Waals surface area contributed by atoms with Crippen molar-refractivity contribution in [1.29, 1.82) is 0 Å². The van der Waals surface area contributed by atoms with Crippen LogP contribution in [0.25, 0.3) is 0 Å². The molecule has 0 atom stereocenters. The molecule has 0 fully saturated rings. The van der Waals surface area contributed by atoms with E-state index < -0.39 is 0 Å². The molecule has 0 aliphatic heterocycles. The van der Waals surface area contributed by atoms with Crippen LogP contribution in [0.5, 0.6) is 28.7 Å². The Balaban J connectivity index is 0.000000803. The molecule has 0 heterocycles. The third-order valence-electron chi connectivity index (χ3n) is 7.03. The maximum atomic E-state index is 6.03. The molecule has 0 aromatic heterocycles. The SMILES string of the molecule is CC.CCCCCCCC.CCCCCCCCC.COc1c(Oc2ccc(C)cc2)cc(C)cc1Oc1ccc(C)cc1. The van der Waals surface area contributed by atoms with Gasteiger partial charge in [-0.1, -0.05) is 160 Å². The molecule has 0 aliphatic carbocycles. The topological polar surface area (TPSA) is 27.7 Å². The van der Waals surface area contributed by atoms with E-state index in [9.17, 15) is 0 Å². The van der Waals surface area contributed by atoms with Crippen molar-refractivity contribution in [2.45, 2.75) is 146 Å². The van der Waals surface area contributed by atoms with E-state index in [1.165, 1.54) is 94.6 Å². The summed E-state index contributed by atoms with van der Waals surface area (Å²) < 4.78 is 17.6. The first-order valence-electron chi connectivity index (χ1n) is 17.6. The fourth-order valence-corrected chi connectivity index (χ4v) is 4.41. The number of unbranched alkanes of at least 4 members (excludes halogenated alkanes) is 11. The Morgan fingerprint density at radius 2 is 0.727 bits per heavy atom. The van der Waals surface area contributed by atoms with Gasteiger partial charge in [0, 0.05) is 0 Å². The lowest BCUT2D eigenvalue weighted by Crippen LogP contribution is -1.95. The molecule has 0 unspecified atom stereocenters. The lowest BCUT2D eigenvalue weighted by molar-refractivity contribution is 0.352. The van der Waals surface area contributed by atoms with Crippen molar-refractivity contribution in [3.63, 3.8) is 0 Å². The molecule has 3 rings (SSSR count). The van der Waals surface area contributed by atoms with Crippen LogP contribution in [0, 0.1) is 20.8 Å². The zero-order chi connectivity index (χ0) is 33.0. The van der Waals surface area contributed by atoms with Crippen LogP contribution in [-0.2, 0) is 0 Å². The number of hydrogen-bond donors (Lipinski definition) is 0. The maximum absolute atomic E-state index is 6.03.